The summed E-state index contributed by atoms with van der Waals surface area (Å²) < 4.78 is 5.11. The van der Waals surface area contributed by atoms with E-state index in [1.165, 1.54) is 25.1 Å². The monoisotopic (exact) mass is 371 g/mol. The second-order valence-electron chi connectivity index (χ2n) is 4.71. The van der Waals surface area contributed by atoms with Crippen LogP contribution in [0.1, 0.15) is 17.3 Å². The summed E-state index contributed by atoms with van der Waals surface area (Å²) >= 11 is 17.5. The normalized spacial score (nSPS) is 11.7. The summed E-state index contributed by atoms with van der Waals surface area (Å²) in [6, 6.07) is 11.0. The molecule has 0 heterocycles. The average molecular weight is 373 g/mol. The number of carbonyl (C=O) groups excluding carboxylic acids is 2. The Balaban J connectivity index is 2.01. The number of hydrogen-bond donors (Lipinski definition) is 1. The smallest absolute Gasteiger partial charge is 0.339 e. The van der Waals surface area contributed by atoms with Crippen molar-refractivity contribution in [1.29, 1.82) is 0 Å². The van der Waals surface area contributed by atoms with Gasteiger partial charge < -0.3 is 10.1 Å². The third-order valence-corrected chi connectivity index (χ3v) is 3.51. The van der Waals surface area contributed by atoms with Gasteiger partial charge >= 0.3 is 5.97 Å². The molecule has 1 amide bonds. The van der Waals surface area contributed by atoms with Gasteiger partial charge in [-0.05, 0) is 43.3 Å². The molecule has 7 heteroatoms. The van der Waals surface area contributed by atoms with Crippen LogP contribution in [0, 0.1) is 0 Å². The summed E-state index contributed by atoms with van der Waals surface area (Å²) in [6.45, 7) is 1.46. The Labute approximate surface area is 148 Å². The number of esters is 1. The van der Waals surface area contributed by atoms with Crippen LogP contribution in [0.25, 0.3) is 0 Å². The molecule has 0 saturated carbocycles. The standard InChI is InChI=1S/C16H12Cl3NO3/c1-9(15(21)20-14-4-2-3-11(17)8-14)23-16(22)10-5-12(18)7-13(19)6-10/h2-9H,1H3,(H,20,21)/t9-/m0/s1. The number of halogens is 3. The zero-order valence-corrected chi connectivity index (χ0v) is 14.2. The maximum absolute atomic E-state index is 12.0. The predicted octanol–water partition coefficient (Wildman–Crippen LogP) is 4.83. The largest absolute Gasteiger partial charge is 0.449 e. The number of hydrogen-bond acceptors (Lipinski definition) is 3. The second-order valence-corrected chi connectivity index (χ2v) is 6.01. The lowest BCUT2D eigenvalue weighted by atomic mass is 10.2. The second kappa shape index (κ2) is 7.68. The quantitative estimate of drug-likeness (QED) is 0.782. The van der Waals surface area contributed by atoms with Gasteiger partial charge in [-0.1, -0.05) is 40.9 Å². The van der Waals surface area contributed by atoms with Gasteiger partial charge in [-0.2, -0.15) is 0 Å². The van der Waals surface area contributed by atoms with Gasteiger partial charge in [-0.25, -0.2) is 4.79 Å². The number of carbonyl (C=O) groups is 2. The van der Waals surface area contributed by atoms with Crippen molar-refractivity contribution in [2.75, 3.05) is 5.32 Å². The molecule has 4 nitrogen and oxygen atoms in total. The van der Waals surface area contributed by atoms with Crippen LogP contribution < -0.4 is 5.32 Å². The molecular weight excluding hydrogens is 361 g/mol. The van der Waals surface area contributed by atoms with Crippen molar-refractivity contribution < 1.29 is 14.3 Å². The van der Waals surface area contributed by atoms with Gasteiger partial charge in [0.2, 0.25) is 0 Å². The van der Waals surface area contributed by atoms with Crippen molar-refractivity contribution in [3.05, 3.63) is 63.1 Å². The minimum Gasteiger partial charge on any atom is -0.449 e. The van der Waals surface area contributed by atoms with Crippen LogP contribution in [0.3, 0.4) is 0 Å². The average Bonchev–Trinajstić information content (AvgIpc) is 2.46. The van der Waals surface area contributed by atoms with E-state index in [4.69, 9.17) is 39.5 Å². The van der Waals surface area contributed by atoms with Crippen LogP contribution in [0.2, 0.25) is 15.1 Å². The number of rotatable bonds is 4. The highest BCUT2D eigenvalue weighted by atomic mass is 35.5. The fraction of sp³-hybridized carbons (Fsp3) is 0.125. The van der Waals surface area contributed by atoms with Gasteiger partial charge in [0.1, 0.15) is 0 Å². The Morgan fingerprint density at radius 1 is 1.00 bits per heavy atom. The summed E-state index contributed by atoms with van der Waals surface area (Å²) in [6.07, 6.45) is -1.00. The van der Waals surface area contributed by atoms with E-state index in [9.17, 15) is 9.59 Å². The summed E-state index contributed by atoms with van der Waals surface area (Å²) in [5, 5.41) is 3.71. The number of ether oxygens (including phenoxy) is 1. The highest BCUT2D eigenvalue weighted by Crippen LogP contribution is 2.20. The Morgan fingerprint density at radius 3 is 2.26 bits per heavy atom. The maximum Gasteiger partial charge on any atom is 0.339 e. The predicted molar refractivity (Wildman–Crippen MR) is 91.4 cm³/mol. The third-order valence-electron chi connectivity index (χ3n) is 2.84. The molecule has 0 aliphatic rings. The molecular formula is C16H12Cl3NO3. The molecule has 1 atom stereocenters. The minimum atomic E-state index is -1.00. The first-order valence-electron chi connectivity index (χ1n) is 6.58. The molecule has 0 spiro atoms. The number of anilines is 1. The van der Waals surface area contributed by atoms with Crippen LogP contribution in [-0.2, 0) is 9.53 Å². The summed E-state index contributed by atoms with van der Waals surface area (Å²) in [5.41, 5.74) is 0.682. The van der Waals surface area contributed by atoms with Crippen LogP contribution in [0.4, 0.5) is 5.69 Å². The van der Waals surface area contributed by atoms with Crippen molar-refractivity contribution in [3.8, 4) is 0 Å². The summed E-state index contributed by atoms with van der Waals surface area (Å²) in [7, 11) is 0. The Bertz CT molecular complexity index is 729. The molecule has 120 valence electrons. The molecule has 0 aromatic heterocycles. The Hall–Kier alpha value is -1.75. The van der Waals surface area contributed by atoms with Gasteiger partial charge in [0.05, 0.1) is 5.56 Å². The fourth-order valence-electron chi connectivity index (χ4n) is 1.76. The van der Waals surface area contributed by atoms with E-state index >= 15 is 0 Å². The molecule has 2 rings (SSSR count). The van der Waals surface area contributed by atoms with E-state index in [0.29, 0.717) is 20.8 Å². The fourth-order valence-corrected chi connectivity index (χ4v) is 2.48. The van der Waals surface area contributed by atoms with Crippen LogP contribution in [0.15, 0.2) is 42.5 Å². The lowest BCUT2D eigenvalue weighted by Crippen LogP contribution is -2.30. The zero-order chi connectivity index (χ0) is 17.0. The topological polar surface area (TPSA) is 55.4 Å². The Morgan fingerprint density at radius 2 is 1.65 bits per heavy atom. The van der Waals surface area contributed by atoms with Gasteiger partial charge in [-0.15, -0.1) is 0 Å². The molecule has 0 aliphatic carbocycles. The first-order chi connectivity index (χ1) is 10.8. The van der Waals surface area contributed by atoms with Gasteiger partial charge in [0, 0.05) is 20.8 Å². The van der Waals surface area contributed by atoms with Crippen molar-refractivity contribution >= 4 is 52.4 Å². The molecule has 2 aromatic carbocycles. The van der Waals surface area contributed by atoms with Crippen molar-refractivity contribution in [2.45, 2.75) is 13.0 Å². The van der Waals surface area contributed by atoms with E-state index in [1.807, 2.05) is 0 Å². The number of benzene rings is 2. The van der Waals surface area contributed by atoms with Crippen molar-refractivity contribution in [2.24, 2.45) is 0 Å². The number of amides is 1. The molecule has 0 fully saturated rings. The molecule has 0 unspecified atom stereocenters. The highest BCUT2D eigenvalue weighted by Gasteiger charge is 2.19. The van der Waals surface area contributed by atoms with E-state index in [2.05, 4.69) is 5.32 Å². The molecule has 0 radical (unpaired) electrons. The van der Waals surface area contributed by atoms with Crippen molar-refractivity contribution in [3.63, 3.8) is 0 Å². The first kappa shape index (κ1) is 17.6. The summed E-state index contributed by atoms with van der Waals surface area (Å²) in [4.78, 5) is 24.1. The lowest BCUT2D eigenvalue weighted by molar-refractivity contribution is -0.123. The SMILES string of the molecule is C[C@H](OC(=O)c1cc(Cl)cc(Cl)c1)C(=O)Nc1cccc(Cl)c1. The molecule has 23 heavy (non-hydrogen) atoms. The highest BCUT2D eigenvalue weighted by molar-refractivity contribution is 6.35. The van der Waals surface area contributed by atoms with E-state index in [-0.39, 0.29) is 5.56 Å². The first-order valence-corrected chi connectivity index (χ1v) is 7.72. The zero-order valence-electron chi connectivity index (χ0n) is 12.0. The molecule has 2 aromatic rings. The van der Waals surface area contributed by atoms with Gasteiger partial charge in [0.25, 0.3) is 5.91 Å². The van der Waals surface area contributed by atoms with E-state index < -0.39 is 18.0 Å². The molecule has 0 saturated heterocycles. The molecule has 0 aliphatic heterocycles. The number of nitrogens with one attached hydrogen (secondary N) is 1. The Kier molecular flexibility index (Phi) is 5.88. The lowest BCUT2D eigenvalue weighted by Gasteiger charge is -2.14. The van der Waals surface area contributed by atoms with E-state index in [1.54, 1.807) is 24.3 Å². The van der Waals surface area contributed by atoms with Crippen LogP contribution in [0.5, 0.6) is 0 Å². The summed E-state index contributed by atoms with van der Waals surface area (Å²) in [5.74, 6) is -1.17. The van der Waals surface area contributed by atoms with Gasteiger partial charge in [-0.3, -0.25) is 4.79 Å². The van der Waals surface area contributed by atoms with Gasteiger partial charge in [0.15, 0.2) is 6.10 Å². The third kappa shape index (κ3) is 5.13. The molecule has 1 N–H and O–H groups in total. The van der Waals surface area contributed by atoms with E-state index in [0.717, 1.165) is 0 Å². The maximum atomic E-state index is 12.0. The van der Waals surface area contributed by atoms with Crippen molar-refractivity contribution in [1.82, 2.24) is 0 Å². The minimum absolute atomic E-state index is 0.171. The van der Waals surface area contributed by atoms with Crippen LogP contribution >= 0.6 is 34.8 Å². The molecule has 0 bridgehead atoms. The van der Waals surface area contributed by atoms with Crippen LogP contribution in [-0.4, -0.2) is 18.0 Å².